The summed E-state index contributed by atoms with van der Waals surface area (Å²) in [4.78, 5) is 0. The van der Waals surface area contributed by atoms with Crippen molar-refractivity contribution in [3.05, 3.63) is 0 Å². The molecule has 0 bridgehead atoms. The van der Waals surface area contributed by atoms with Crippen LogP contribution in [0.2, 0.25) is 0 Å². The summed E-state index contributed by atoms with van der Waals surface area (Å²) in [5.41, 5.74) is 0.468. The number of rotatable bonds is 6. The normalized spacial score (nSPS) is 25.7. The zero-order valence-electron chi connectivity index (χ0n) is 13.4. The van der Waals surface area contributed by atoms with Gasteiger partial charge in [0.1, 0.15) is 0 Å². The maximum Gasteiger partial charge on any atom is 0.0100 e. The van der Waals surface area contributed by atoms with Gasteiger partial charge in [0, 0.05) is 6.04 Å². The van der Waals surface area contributed by atoms with Crippen molar-refractivity contribution in [2.75, 3.05) is 6.54 Å². The van der Waals surface area contributed by atoms with E-state index in [1.165, 1.54) is 51.5 Å². The molecule has 1 nitrogen and oxygen atoms in total. The van der Waals surface area contributed by atoms with Crippen molar-refractivity contribution in [1.82, 2.24) is 5.32 Å². The van der Waals surface area contributed by atoms with Gasteiger partial charge < -0.3 is 5.32 Å². The molecule has 108 valence electrons. The van der Waals surface area contributed by atoms with Crippen LogP contribution in [-0.4, -0.2) is 12.6 Å². The van der Waals surface area contributed by atoms with E-state index < -0.39 is 0 Å². The highest BCUT2D eigenvalue weighted by Gasteiger charge is 2.33. The first-order chi connectivity index (χ1) is 8.41. The molecule has 0 heterocycles. The van der Waals surface area contributed by atoms with Gasteiger partial charge in [0.2, 0.25) is 0 Å². The predicted molar refractivity (Wildman–Crippen MR) is 81.9 cm³/mol. The SMILES string of the molecule is CC(C)CCCCNC1CCCCC1C(C)(C)C. The second kappa shape index (κ2) is 7.53. The van der Waals surface area contributed by atoms with Crippen molar-refractivity contribution < 1.29 is 0 Å². The summed E-state index contributed by atoms with van der Waals surface area (Å²) in [5, 5.41) is 3.85. The predicted octanol–water partition coefficient (Wildman–Crippen LogP) is 5.01. The molecule has 1 N–H and O–H groups in total. The molecule has 0 aromatic carbocycles. The van der Waals surface area contributed by atoms with E-state index in [2.05, 4.69) is 39.9 Å². The minimum absolute atomic E-state index is 0.468. The maximum absolute atomic E-state index is 3.85. The molecule has 0 spiro atoms. The zero-order valence-corrected chi connectivity index (χ0v) is 13.4. The van der Waals surface area contributed by atoms with E-state index in [0.717, 1.165) is 17.9 Å². The third kappa shape index (κ3) is 5.73. The van der Waals surface area contributed by atoms with E-state index >= 15 is 0 Å². The molecule has 0 saturated heterocycles. The summed E-state index contributed by atoms with van der Waals surface area (Å²) >= 11 is 0. The summed E-state index contributed by atoms with van der Waals surface area (Å²) in [6.45, 7) is 13.1. The molecular formula is C17H35N. The lowest BCUT2D eigenvalue weighted by molar-refractivity contribution is 0.131. The average Bonchev–Trinajstić information content (AvgIpc) is 2.27. The summed E-state index contributed by atoms with van der Waals surface area (Å²) in [6, 6.07) is 0.776. The molecule has 1 fully saturated rings. The van der Waals surface area contributed by atoms with Gasteiger partial charge in [-0.1, -0.05) is 60.3 Å². The number of unbranched alkanes of at least 4 members (excludes halogenated alkanes) is 1. The van der Waals surface area contributed by atoms with Gasteiger partial charge in [0.25, 0.3) is 0 Å². The van der Waals surface area contributed by atoms with E-state index in [1.54, 1.807) is 0 Å². The van der Waals surface area contributed by atoms with E-state index in [4.69, 9.17) is 0 Å². The first kappa shape index (κ1) is 16.0. The van der Waals surface area contributed by atoms with Crippen LogP contribution in [0.5, 0.6) is 0 Å². The Hall–Kier alpha value is -0.0400. The van der Waals surface area contributed by atoms with Crippen LogP contribution in [0.1, 0.15) is 79.6 Å². The van der Waals surface area contributed by atoms with E-state index in [9.17, 15) is 0 Å². The Morgan fingerprint density at radius 3 is 2.33 bits per heavy atom. The van der Waals surface area contributed by atoms with Gasteiger partial charge >= 0.3 is 0 Å². The van der Waals surface area contributed by atoms with Gasteiger partial charge in [-0.3, -0.25) is 0 Å². The van der Waals surface area contributed by atoms with Crippen LogP contribution >= 0.6 is 0 Å². The molecule has 2 atom stereocenters. The smallest absolute Gasteiger partial charge is 0.0100 e. The van der Waals surface area contributed by atoms with Crippen molar-refractivity contribution in [2.24, 2.45) is 17.3 Å². The number of hydrogen-bond donors (Lipinski definition) is 1. The van der Waals surface area contributed by atoms with Crippen molar-refractivity contribution in [3.63, 3.8) is 0 Å². The first-order valence-corrected chi connectivity index (χ1v) is 8.14. The van der Waals surface area contributed by atoms with Gasteiger partial charge in [-0.05, 0) is 43.1 Å². The van der Waals surface area contributed by atoms with Crippen molar-refractivity contribution in [3.8, 4) is 0 Å². The molecule has 2 unspecified atom stereocenters. The third-order valence-electron chi connectivity index (χ3n) is 4.49. The molecule has 0 amide bonds. The Labute approximate surface area is 115 Å². The van der Waals surface area contributed by atoms with Crippen molar-refractivity contribution in [2.45, 2.75) is 85.6 Å². The quantitative estimate of drug-likeness (QED) is 0.656. The highest BCUT2D eigenvalue weighted by atomic mass is 14.9. The Morgan fingerprint density at radius 2 is 1.72 bits per heavy atom. The van der Waals surface area contributed by atoms with E-state index in [-0.39, 0.29) is 0 Å². The van der Waals surface area contributed by atoms with Crippen molar-refractivity contribution in [1.29, 1.82) is 0 Å². The molecule has 0 aromatic rings. The van der Waals surface area contributed by atoms with Crippen molar-refractivity contribution >= 4 is 0 Å². The van der Waals surface area contributed by atoms with Crippen LogP contribution in [0.3, 0.4) is 0 Å². The summed E-state index contributed by atoms with van der Waals surface area (Å²) in [5.74, 6) is 1.73. The molecule has 0 aliphatic heterocycles. The van der Waals surface area contributed by atoms with Gasteiger partial charge in [0.15, 0.2) is 0 Å². The first-order valence-electron chi connectivity index (χ1n) is 8.14. The Balaban J connectivity index is 2.26. The highest BCUT2D eigenvalue weighted by molar-refractivity contribution is 4.88. The molecule has 1 heteroatoms. The topological polar surface area (TPSA) is 12.0 Å². The van der Waals surface area contributed by atoms with Crippen LogP contribution in [0, 0.1) is 17.3 Å². The van der Waals surface area contributed by atoms with Crippen LogP contribution in [0.4, 0.5) is 0 Å². The van der Waals surface area contributed by atoms with Gasteiger partial charge in [-0.15, -0.1) is 0 Å². The van der Waals surface area contributed by atoms with Crippen LogP contribution in [0.15, 0.2) is 0 Å². The Bertz CT molecular complexity index is 214. The van der Waals surface area contributed by atoms with Gasteiger partial charge in [-0.25, -0.2) is 0 Å². The van der Waals surface area contributed by atoms with E-state index in [1.807, 2.05) is 0 Å². The fourth-order valence-electron chi connectivity index (χ4n) is 3.38. The molecule has 1 aliphatic carbocycles. The largest absolute Gasteiger partial charge is 0.314 e. The summed E-state index contributed by atoms with van der Waals surface area (Å²) in [6.07, 6.45) is 9.81. The molecule has 0 aromatic heterocycles. The molecule has 1 aliphatic rings. The third-order valence-corrected chi connectivity index (χ3v) is 4.49. The minimum atomic E-state index is 0.468. The summed E-state index contributed by atoms with van der Waals surface area (Å²) < 4.78 is 0. The number of nitrogens with one attached hydrogen (secondary N) is 1. The Kier molecular flexibility index (Phi) is 6.70. The lowest BCUT2D eigenvalue weighted by Crippen LogP contribution is -2.44. The zero-order chi connectivity index (χ0) is 13.6. The van der Waals surface area contributed by atoms with Crippen LogP contribution in [-0.2, 0) is 0 Å². The molecular weight excluding hydrogens is 218 g/mol. The van der Waals surface area contributed by atoms with Crippen LogP contribution in [0.25, 0.3) is 0 Å². The van der Waals surface area contributed by atoms with E-state index in [0.29, 0.717) is 5.41 Å². The maximum atomic E-state index is 3.85. The monoisotopic (exact) mass is 253 g/mol. The van der Waals surface area contributed by atoms with Gasteiger partial charge in [-0.2, -0.15) is 0 Å². The molecule has 18 heavy (non-hydrogen) atoms. The fraction of sp³-hybridized carbons (Fsp3) is 1.00. The molecule has 1 saturated carbocycles. The number of hydrogen-bond acceptors (Lipinski definition) is 1. The second-order valence-corrected chi connectivity index (χ2v) is 7.71. The molecule has 1 rings (SSSR count). The lowest BCUT2D eigenvalue weighted by Gasteiger charge is -2.41. The standard InChI is InChI=1S/C17H35N/c1-14(2)10-8-9-13-18-16-12-7-6-11-15(16)17(3,4)5/h14-16,18H,6-13H2,1-5H3. The lowest BCUT2D eigenvalue weighted by atomic mass is 9.69. The molecule has 0 radical (unpaired) electrons. The minimum Gasteiger partial charge on any atom is -0.314 e. The fourth-order valence-corrected chi connectivity index (χ4v) is 3.38. The second-order valence-electron chi connectivity index (χ2n) is 7.71. The summed E-state index contributed by atoms with van der Waals surface area (Å²) in [7, 11) is 0. The highest BCUT2D eigenvalue weighted by Crippen LogP contribution is 2.37. The average molecular weight is 253 g/mol. The van der Waals surface area contributed by atoms with Crippen LogP contribution < -0.4 is 5.32 Å². The Morgan fingerprint density at radius 1 is 1.06 bits per heavy atom. The van der Waals surface area contributed by atoms with Gasteiger partial charge in [0.05, 0.1) is 0 Å².